The third kappa shape index (κ3) is 4.95. The largest absolute Gasteiger partial charge is 0.497 e. The number of carbonyl (C=O) groups is 2. The number of fused-ring (bicyclic) bond motifs is 2. The van der Waals surface area contributed by atoms with Gasteiger partial charge in [-0.1, -0.05) is 102 Å². The molecule has 0 spiro atoms. The summed E-state index contributed by atoms with van der Waals surface area (Å²) in [7, 11) is 1.58. The van der Waals surface area contributed by atoms with Gasteiger partial charge in [-0.15, -0.1) is 0 Å². The zero-order valence-corrected chi connectivity index (χ0v) is 26.0. The molecular formula is C37H29N3O5S. The van der Waals surface area contributed by atoms with E-state index in [4.69, 9.17) is 14.5 Å². The van der Waals surface area contributed by atoms with Crippen molar-refractivity contribution >= 4 is 40.2 Å². The Morgan fingerprint density at radius 2 is 1.54 bits per heavy atom. The predicted octanol–water partition coefficient (Wildman–Crippen LogP) is 4.86. The van der Waals surface area contributed by atoms with Gasteiger partial charge in [-0.2, -0.15) is 0 Å². The van der Waals surface area contributed by atoms with E-state index < -0.39 is 17.6 Å². The van der Waals surface area contributed by atoms with Crippen LogP contribution in [0.1, 0.15) is 35.2 Å². The highest BCUT2D eigenvalue weighted by atomic mass is 32.1. The standard InChI is InChI=1S/C37H29N3O5S/c1-3-45-36(43)30-31(24-14-8-5-9-15-24)38-37-40(32(30)25-18-20-26(44-2)21-19-25)35(42)33(46-37)29-27-16-10-11-17-28(27)39(34(29)41)22-23-12-6-4-7-13-23/h4-21,32H,3,22H2,1-2H3/b33-29-/t32-/m1/s1. The number of methoxy groups -OCH3 is 1. The average Bonchev–Trinajstić information content (AvgIpc) is 3.56. The SMILES string of the molecule is CCOC(=O)C1=C(c2ccccc2)N=c2s/c(=C3\C(=O)N(Cc4ccccc4)c4ccccc43)c(=O)n2[C@@H]1c1ccc(OC)cc1. The maximum absolute atomic E-state index is 14.6. The second kappa shape index (κ2) is 12.1. The molecule has 46 heavy (non-hydrogen) atoms. The normalized spacial score (nSPS) is 16.5. The van der Waals surface area contributed by atoms with Crippen LogP contribution in [-0.2, 0) is 20.9 Å². The summed E-state index contributed by atoms with van der Waals surface area (Å²) in [6, 6.07) is 33.0. The van der Waals surface area contributed by atoms with Crippen molar-refractivity contribution in [3.8, 4) is 5.75 Å². The number of benzene rings is 4. The first-order valence-corrected chi connectivity index (χ1v) is 15.7. The maximum Gasteiger partial charge on any atom is 0.338 e. The summed E-state index contributed by atoms with van der Waals surface area (Å²) in [6.07, 6.45) is 0. The molecule has 0 aliphatic carbocycles. The van der Waals surface area contributed by atoms with Gasteiger partial charge in [-0.05, 0) is 36.2 Å². The molecule has 7 rings (SSSR count). The van der Waals surface area contributed by atoms with Crippen LogP contribution < -0.4 is 24.5 Å². The van der Waals surface area contributed by atoms with Crippen molar-refractivity contribution in [1.29, 1.82) is 0 Å². The van der Waals surface area contributed by atoms with Crippen molar-refractivity contribution in [3.05, 3.63) is 157 Å². The summed E-state index contributed by atoms with van der Waals surface area (Å²) in [5, 5.41) is 0. The van der Waals surface area contributed by atoms with E-state index in [9.17, 15) is 14.4 Å². The molecule has 5 aromatic rings. The molecule has 1 aromatic heterocycles. The predicted molar refractivity (Wildman–Crippen MR) is 177 cm³/mol. The Bertz CT molecular complexity index is 2190. The van der Waals surface area contributed by atoms with Crippen LogP contribution in [0, 0.1) is 0 Å². The minimum atomic E-state index is -0.863. The molecule has 4 aromatic carbocycles. The van der Waals surface area contributed by atoms with Crippen LogP contribution in [0.4, 0.5) is 5.69 Å². The first-order chi connectivity index (χ1) is 22.5. The van der Waals surface area contributed by atoms with Gasteiger partial charge in [0, 0.05) is 11.1 Å². The molecular weight excluding hydrogens is 598 g/mol. The lowest BCUT2D eigenvalue weighted by Crippen LogP contribution is -2.41. The summed E-state index contributed by atoms with van der Waals surface area (Å²) in [5.74, 6) is -0.195. The Balaban J connectivity index is 1.50. The lowest BCUT2D eigenvalue weighted by Gasteiger charge is -2.26. The highest BCUT2D eigenvalue weighted by Gasteiger charge is 2.38. The molecule has 9 heteroatoms. The molecule has 1 atom stereocenters. The van der Waals surface area contributed by atoms with Crippen LogP contribution in [0.3, 0.4) is 0 Å². The Labute approximate surface area is 268 Å². The molecule has 3 heterocycles. The number of anilines is 1. The number of para-hydroxylation sites is 1. The number of nitrogens with zero attached hydrogens (tertiary/aromatic N) is 3. The molecule has 0 bridgehead atoms. The average molecular weight is 628 g/mol. The Hall–Kier alpha value is -5.54. The topological polar surface area (TPSA) is 90.2 Å². The lowest BCUT2D eigenvalue weighted by atomic mass is 9.93. The number of rotatable bonds is 7. The number of esters is 1. The van der Waals surface area contributed by atoms with E-state index in [1.165, 1.54) is 4.57 Å². The summed E-state index contributed by atoms with van der Waals surface area (Å²) in [6.45, 7) is 2.25. The third-order valence-corrected chi connectivity index (χ3v) is 9.17. The number of amides is 1. The Kier molecular flexibility index (Phi) is 7.68. The van der Waals surface area contributed by atoms with Crippen LogP contribution in [0.5, 0.6) is 5.75 Å². The fourth-order valence-electron chi connectivity index (χ4n) is 6.01. The van der Waals surface area contributed by atoms with E-state index in [0.717, 1.165) is 22.6 Å². The minimum Gasteiger partial charge on any atom is -0.497 e. The second-order valence-corrected chi connectivity index (χ2v) is 11.8. The van der Waals surface area contributed by atoms with Gasteiger partial charge in [0.2, 0.25) is 0 Å². The zero-order valence-electron chi connectivity index (χ0n) is 25.2. The highest BCUT2D eigenvalue weighted by molar-refractivity contribution is 7.07. The van der Waals surface area contributed by atoms with Gasteiger partial charge in [-0.3, -0.25) is 14.2 Å². The number of hydrogen-bond donors (Lipinski definition) is 0. The van der Waals surface area contributed by atoms with Crippen molar-refractivity contribution in [3.63, 3.8) is 0 Å². The number of thiazole rings is 1. The van der Waals surface area contributed by atoms with Crippen molar-refractivity contribution < 1.29 is 19.1 Å². The molecule has 0 saturated heterocycles. The van der Waals surface area contributed by atoms with Crippen LogP contribution in [0.15, 0.2) is 125 Å². The maximum atomic E-state index is 14.6. The molecule has 2 aliphatic heterocycles. The van der Waals surface area contributed by atoms with Crippen molar-refractivity contribution in [2.24, 2.45) is 4.99 Å². The summed E-state index contributed by atoms with van der Waals surface area (Å²) in [5.41, 5.74) is 4.36. The van der Waals surface area contributed by atoms with E-state index in [2.05, 4.69) is 0 Å². The van der Waals surface area contributed by atoms with Crippen LogP contribution in [-0.4, -0.2) is 30.2 Å². The second-order valence-electron chi connectivity index (χ2n) is 10.8. The van der Waals surface area contributed by atoms with E-state index in [-0.39, 0.29) is 22.6 Å². The van der Waals surface area contributed by atoms with Gasteiger partial charge in [-0.25, -0.2) is 9.79 Å². The monoisotopic (exact) mass is 627 g/mol. The molecule has 1 amide bonds. The molecule has 0 fully saturated rings. The van der Waals surface area contributed by atoms with Crippen LogP contribution >= 0.6 is 11.3 Å². The molecule has 0 saturated carbocycles. The molecule has 0 unspecified atom stereocenters. The highest BCUT2D eigenvalue weighted by Crippen LogP contribution is 2.38. The fourth-order valence-corrected chi connectivity index (χ4v) is 7.11. The Morgan fingerprint density at radius 1 is 0.870 bits per heavy atom. The number of carbonyl (C=O) groups excluding carboxylic acids is 2. The molecule has 0 N–H and O–H groups in total. The van der Waals surface area contributed by atoms with Gasteiger partial charge in [0.15, 0.2) is 4.80 Å². The quantitative estimate of drug-likeness (QED) is 0.241. The lowest BCUT2D eigenvalue weighted by molar-refractivity contribution is -0.138. The molecule has 8 nitrogen and oxygen atoms in total. The van der Waals surface area contributed by atoms with Gasteiger partial charge >= 0.3 is 5.97 Å². The number of ether oxygens (including phenoxy) is 2. The van der Waals surface area contributed by atoms with E-state index in [0.29, 0.717) is 45.1 Å². The molecule has 0 radical (unpaired) electrons. The van der Waals surface area contributed by atoms with Gasteiger partial charge in [0.05, 0.1) is 48.8 Å². The number of aromatic nitrogens is 1. The van der Waals surface area contributed by atoms with Crippen molar-refractivity contribution in [1.82, 2.24) is 4.57 Å². The first-order valence-electron chi connectivity index (χ1n) is 14.9. The van der Waals surface area contributed by atoms with E-state index in [1.54, 1.807) is 31.1 Å². The fraction of sp³-hybridized carbons (Fsp3) is 0.135. The van der Waals surface area contributed by atoms with Crippen LogP contribution in [0.25, 0.3) is 11.3 Å². The summed E-state index contributed by atoms with van der Waals surface area (Å²) < 4.78 is 12.7. The van der Waals surface area contributed by atoms with Crippen molar-refractivity contribution in [2.45, 2.75) is 19.5 Å². The smallest absolute Gasteiger partial charge is 0.338 e. The number of hydrogen-bond acceptors (Lipinski definition) is 7. The molecule has 2 aliphatic rings. The molecule has 228 valence electrons. The summed E-state index contributed by atoms with van der Waals surface area (Å²) in [4.78, 5) is 49.6. The first kappa shape index (κ1) is 29.2. The van der Waals surface area contributed by atoms with Crippen molar-refractivity contribution in [2.75, 3.05) is 18.6 Å². The van der Waals surface area contributed by atoms with Gasteiger partial charge in [0.1, 0.15) is 10.3 Å². The van der Waals surface area contributed by atoms with Gasteiger partial charge < -0.3 is 14.4 Å². The zero-order chi connectivity index (χ0) is 31.8. The Morgan fingerprint density at radius 3 is 2.24 bits per heavy atom. The van der Waals surface area contributed by atoms with Gasteiger partial charge in [0.25, 0.3) is 11.5 Å². The van der Waals surface area contributed by atoms with E-state index >= 15 is 0 Å². The summed E-state index contributed by atoms with van der Waals surface area (Å²) >= 11 is 1.15. The third-order valence-electron chi connectivity index (χ3n) is 8.11. The minimum absolute atomic E-state index is 0.150. The van der Waals surface area contributed by atoms with Crippen LogP contribution in [0.2, 0.25) is 0 Å². The van der Waals surface area contributed by atoms with E-state index in [1.807, 2.05) is 97.1 Å².